The summed E-state index contributed by atoms with van der Waals surface area (Å²) in [6, 6.07) is 45.6. The second-order valence-corrected chi connectivity index (χ2v) is 13.1. The lowest BCUT2D eigenvalue weighted by molar-refractivity contribution is 1.02. The lowest BCUT2D eigenvalue weighted by Crippen LogP contribution is -2.02. The Balaban J connectivity index is 0.00000270. The van der Waals surface area contributed by atoms with Gasteiger partial charge in [0.15, 0.2) is 0 Å². The van der Waals surface area contributed by atoms with E-state index in [0.29, 0.717) is 5.95 Å². The van der Waals surface area contributed by atoms with Crippen molar-refractivity contribution in [3.8, 4) is 17.2 Å². The third-order valence-electron chi connectivity index (χ3n) is 8.63. The number of nitrogens with zero attached hydrogens (tertiary/aromatic N) is 3. The molecule has 0 N–H and O–H groups in total. The zero-order valence-electron chi connectivity index (χ0n) is 22.8. The molecule has 0 aliphatic carbocycles. The number of rotatable bonds is 2. The fourth-order valence-electron chi connectivity index (χ4n) is 6.74. The van der Waals surface area contributed by atoms with Gasteiger partial charge in [-0.3, -0.25) is 4.57 Å². The summed E-state index contributed by atoms with van der Waals surface area (Å²) < 4.78 is 7.23. The molecular formula is C38H23N3S2. The Morgan fingerprint density at radius 2 is 1.16 bits per heavy atom. The Kier molecular flexibility index (Phi) is 4.75. The van der Waals surface area contributed by atoms with Gasteiger partial charge in [-0.1, -0.05) is 103 Å². The van der Waals surface area contributed by atoms with Gasteiger partial charge in [-0.2, -0.15) is 0 Å². The van der Waals surface area contributed by atoms with E-state index in [1.54, 1.807) is 11.3 Å². The van der Waals surface area contributed by atoms with E-state index >= 15 is 0 Å². The van der Waals surface area contributed by atoms with Crippen molar-refractivity contribution in [3.05, 3.63) is 127 Å². The number of hydrogen-bond donors (Lipinski definition) is 0. The van der Waals surface area contributed by atoms with E-state index in [1.165, 1.54) is 51.8 Å². The highest BCUT2D eigenvalue weighted by Crippen LogP contribution is 2.44. The fourth-order valence-corrected chi connectivity index (χ4v) is 9.15. The van der Waals surface area contributed by atoms with E-state index in [0.717, 1.165) is 32.5 Å². The summed E-state index contributed by atoms with van der Waals surface area (Å²) in [5.74, 6) is 0.700. The lowest BCUT2D eigenvalue weighted by Gasteiger charge is -2.11. The van der Waals surface area contributed by atoms with Crippen LogP contribution < -0.4 is 0 Å². The minimum atomic E-state index is 0. The van der Waals surface area contributed by atoms with Gasteiger partial charge >= 0.3 is 0 Å². The summed E-state index contributed by atoms with van der Waals surface area (Å²) in [6.07, 6.45) is 0. The summed E-state index contributed by atoms with van der Waals surface area (Å²) in [7, 11) is 0. The molecule has 0 atom stereocenters. The first-order valence-corrected chi connectivity index (χ1v) is 16.0. The molecule has 10 aromatic rings. The van der Waals surface area contributed by atoms with Crippen molar-refractivity contribution in [1.82, 2.24) is 14.5 Å². The molecular weight excluding hydrogens is 563 g/mol. The molecule has 6 aromatic carbocycles. The van der Waals surface area contributed by atoms with Crippen LogP contribution in [0.2, 0.25) is 0 Å². The maximum absolute atomic E-state index is 5.45. The Bertz CT molecular complexity index is 2750. The summed E-state index contributed by atoms with van der Waals surface area (Å²) in [5, 5.41) is 8.66. The van der Waals surface area contributed by atoms with Crippen LogP contribution in [-0.4, -0.2) is 14.5 Å². The molecule has 5 heteroatoms. The van der Waals surface area contributed by atoms with E-state index in [2.05, 4.69) is 132 Å². The lowest BCUT2D eigenvalue weighted by atomic mass is 10.0. The van der Waals surface area contributed by atoms with Crippen molar-refractivity contribution in [2.24, 2.45) is 0 Å². The van der Waals surface area contributed by atoms with E-state index in [1.807, 2.05) is 11.3 Å². The Hall–Kier alpha value is -5.10. The van der Waals surface area contributed by atoms with Crippen LogP contribution in [-0.2, 0) is 0 Å². The zero-order valence-corrected chi connectivity index (χ0v) is 24.4. The predicted octanol–water partition coefficient (Wildman–Crippen LogP) is 11.4. The van der Waals surface area contributed by atoms with Crippen LogP contribution in [0.15, 0.2) is 127 Å². The largest absolute Gasteiger partial charge is 0.278 e. The maximum Gasteiger partial charge on any atom is 0.235 e. The molecule has 10 rings (SSSR count). The van der Waals surface area contributed by atoms with Gasteiger partial charge in [-0.05, 0) is 35.0 Å². The summed E-state index contributed by atoms with van der Waals surface area (Å²) in [5.41, 5.74) is 5.36. The zero-order chi connectivity index (χ0) is 28.1. The molecule has 0 spiro atoms. The van der Waals surface area contributed by atoms with Gasteiger partial charge in [0.1, 0.15) is 0 Å². The minimum Gasteiger partial charge on any atom is -0.278 e. The smallest absolute Gasteiger partial charge is 0.235 e. The van der Waals surface area contributed by atoms with Crippen molar-refractivity contribution < 1.29 is 1.43 Å². The quantitative estimate of drug-likeness (QED) is 0.202. The highest BCUT2D eigenvalue weighted by Gasteiger charge is 2.22. The first kappa shape index (κ1) is 23.5. The molecule has 0 saturated carbocycles. The molecule has 0 radical (unpaired) electrons. The number of hydrogen-bond acceptors (Lipinski definition) is 4. The number of para-hydroxylation sites is 1. The first-order valence-electron chi connectivity index (χ1n) is 14.3. The molecule has 202 valence electrons. The summed E-state index contributed by atoms with van der Waals surface area (Å²) >= 11 is 3.65. The van der Waals surface area contributed by atoms with E-state index < -0.39 is 0 Å². The van der Waals surface area contributed by atoms with Gasteiger partial charge in [0.25, 0.3) is 0 Å². The highest BCUT2D eigenvalue weighted by atomic mass is 32.1. The monoisotopic (exact) mass is 586 g/mol. The fraction of sp³-hybridized carbons (Fsp3) is 0. The van der Waals surface area contributed by atoms with Crippen molar-refractivity contribution in [1.29, 1.82) is 0 Å². The van der Waals surface area contributed by atoms with Crippen LogP contribution in [0.25, 0.3) is 90.3 Å². The molecule has 0 fully saturated rings. The molecule has 4 heterocycles. The molecule has 3 nitrogen and oxygen atoms in total. The normalized spacial score (nSPS) is 12.2. The van der Waals surface area contributed by atoms with Gasteiger partial charge in [-0.15, -0.1) is 22.7 Å². The molecule has 4 aromatic heterocycles. The van der Waals surface area contributed by atoms with Gasteiger partial charge in [0, 0.05) is 48.0 Å². The summed E-state index contributed by atoms with van der Waals surface area (Å²) in [4.78, 5) is 10.8. The third-order valence-corrected chi connectivity index (χ3v) is 11.0. The van der Waals surface area contributed by atoms with Crippen LogP contribution in [0.3, 0.4) is 0 Å². The van der Waals surface area contributed by atoms with Crippen LogP contribution in [0.1, 0.15) is 1.43 Å². The summed E-state index contributed by atoms with van der Waals surface area (Å²) in [6.45, 7) is 0. The number of thiophene rings is 2. The maximum atomic E-state index is 5.45. The van der Waals surface area contributed by atoms with Crippen LogP contribution in [0.5, 0.6) is 0 Å². The van der Waals surface area contributed by atoms with Crippen molar-refractivity contribution in [3.63, 3.8) is 0 Å². The SMILES string of the molecule is [2HH].c1ccc2c(-c3nc(-n4c5ccccc5c5c6sc7ccccc7c6ccc54)nc4c3sc3ccccc34)cccc2c1. The highest BCUT2D eigenvalue weighted by molar-refractivity contribution is 7.27. The number of fused-ring (bicyclic) bond motifs is 11. The van der Waals surface area contributed by atoms with Crippen molar-refractivity contribution in [2.45, 2.75) is 0 Å². The van der Waals surface area contributed by atoms with E-state index in [4.69, 9.17) is 9.97 Å². The van der Waals surface area contributed by atoms with Crippen LogP contribution >= 0.6 is 22.7 Å². The van der Waals surface area contributed by atoms with E-state index in [-0.39, 0.29) is 1.43 Å². The standard InChI is InChI=1S/C38H21N3S2.H2/c1-2-12-23-22(10-1)11-9-16-25(23)34-37-35(28-15-5-8-19-32(28)43-37)40-38(39-34)41-29-17-6-3-14-27(29)33-30(41)21-20-26-24-13-4-7-18-31(24)42-36(26)33;/h1-21H;1H/i;1+1. The minimum absolute atomic E-state index is 0. The second-order valence-electron chi connectivity index (χ2n) is 11.0. The molecule has 0 aliphatic heterocycles. The third kappa shape index (κ3) is 3.23. The van der Waals surface area contributed by atoms with Crippen molar-refractivity contribution in [2.75, 3.05) is 0 Å². The van der Waals surface area contributed by atoms with E-state index in [9.17, 15) is 0 Å². The first-order chi connectivity index (χ1) is 21.3. The average molecular weight is 587 g/mol. The molecule has 0 saturated heterocycles. The van der Waals surface area contributed by atoms with Crippen LogP contribution in [0, 0.1) is 0 Å². The topological polar surface area (TPSA) is 30.7 Å². The van der Waals surface area contributed by atoms with Gasteiger partial charge < -0.3 is 0 Å². The Labute approximate surface area is 255 Å². The average Bonchev–Trinajstić information content (AvgIpc) is 3.73. The van der Waals surface area contributed by atoms with Gasteiger partial charge in [0.05, 0.1) is 26.9 Å². The molecule has 0 aliphatic rings. The Morgan fingerprint density at radius 1 is 0.488 bits per heavy atom. The predicted molar refractivity (Wildman–Crippen MR) is 187 cm³/mol. The van der Waals surface area contributed by atoms with Gasteiger partial charge in [-0.25, -0.2) is 9.97 Å². The number of aromatic nitrogens is 3. The van der Waals surface area contributed by atoms with Crippen LogP contribution in [0.4, 0.5) is 0 Å². The molecule has 43 heavy (non-hydrogen) atoms. The number of benzene rings is 6. The molecule has 0 amide bonds. The molecule has 0 bridgehead atoms. The van der Waals surface area contributed by atoms with Gasteiger partial charge in [0.2, 0.25) is 5.95 Å². The molecule has 0 unspecified atom stereocenters. The Morgan fingerprint density at radius 3 is 2.05 bits per heavy atom. The van der Waals surface area contributed by atoms with Crippen molar-refractivity contribution >= 4 is 95.7 Å². The second kappa shape index (κ2) is 8.71.